The quantitative estimate of drug-likeness (QED) is 0.220. The topological polar surface area (TPSA) is 125 Å². The fraction of sp³-hybridized carbons (Fsp3) is 0.565. The van der Waals surface area contributed by atoms with Gasteiger partial charge in [-0.1, -0.05) is 62.9 Å². The van der Waals surface area contributed by atoms with Gasteiger partial charge in [-0.3, -0.25) is 4.72 Å². The molecular weight excluding hydrogens is 476 g/mol. The summed E-state index contributed by atoms with van der Waals surface area (Å²) in [6, 6.07) is 1.36. The van der Waals surface area contributed by atoms with Crippen molar-refractivity contribution >= 4 is 27.8 Å². The van der Waals surface area contributed by atoms with Gasteiger partial charge in [0.1, 0.15) is 18.0 Å². The smallest absolute Gasteiger partial charge is 0.302 e. The number of allylic oxidation sites excluding steroid dienone is 4. The second kappa shape index (κ2) is 14.5. The normalized spacial score (nSPS) is 16.9. The van der Waals surface area contributed by atoms with Crippen LogP contribution in [-0.4, -0.2) is 70.6 Å². The highest BCUT2D eigenvalue weighted by molar-refractivity contribution is 7.99. The molecule has 3 N–H and O–H groups in total. The monoisotopic (exact) mass is 514 g/mol. The van der Waals surface area contributed by atoms with Crippen LogP contribution in [-0.2, 0) is 10.2 Å². The molecule has 9 nitrogen and oxygen atoms in total. The predicted octanol–water partition coefficient (Wildman–Crippen LogP) is 3.40. The molecule has 1 saturated heterocycles. The Kier molecular flexibility index (Phi) is 12.8. The van der Waals surface area contributed by atoms with Crippen LogP contribution < -0.4 is 9.46 Å². The summed E-state index contributed by atoms with van der Waals surface area (Å²) in [7, 11) is -3.74. The van der Waals surface area contributed by atoms with Crippen molar-refractivity contribution in [1.82, 2.24) is 14.3 Å². The van der Waals surface area contributed by atoms with Gasteiger partial charge >= 0.3 is 10.2 Å². The number of nitrogens with one attached hydrogen (secondary N) is 1. The van der Waals surface area contributed by atoms with Crippen molar-refractivity contribution in [1.29, 1.82) is 0 Å². The zero-order valence-electron chi connectivity index (χ0n) is 20.9. The largest absolute Gasteiger partial charge is 0.472 e. The van der Waals surface area contributed by atoms with Crippen molar-refractivity contribution < 1.29 is 23.4 Å². The maximum absolute atomic E-state index is 12.6. The van der Waals surface area contributed by atoms with E-state index in [1.54, 1.807) is 6.92 Å². The number of aromatic nitrogens is 2. The molecule has 0 bridgehead atoms. The maximum atomic E-state index is 12.6. The minimum atomic E-state index is -3.74. The molecule has 1 fully saturated rings. The lowest BCUT2D eigenvalue weighted by Crippen LogP contribution is -2.50. The highest BCUT2D eigenvalue weighted by Crippen LogP contribution is 2.26. The van der Waals surface area contributed by atoms with E-state index in [9.17, 15) is 13.5 Å². The Hall–Kier alpha value is -1.92. The van der Waals surface area contributed by atoms with Crippen molar-refractivity contribution in [2.24, 2.45) is 5.92 Å². The number of thioether (sulfide) groups is 1. The van der Waals surface area contributed by atoms with E-state index < -0.39 is 29.0 Å². The van der Waals surface area contributed by atoms with E-state index in [4.69, 9.17) is 9.84 Å². The lowest BCUT2D eigenvalue weighted by atomic mass is 10.1. The van der Waals surface area contributed by atoms with Crippen LogP contribution in [0.25, 0.3) is 0 Å². The molecule has 0 aliphatic carbocycles. The molecule has 1 aliphatic rings. The first-order valence-corrected chi connectivity index (χ1v) is 13.7. The van der Waals surface area contributed by atoms with Crippen LogP contribution in [0.4, 0.5) is 5.82 Å². The van der Waals surface area contributed by atoms with Crippen molar-refractivity contribution in [2.45, 2.75) is 58.9 Å². The fourth-order valence-corrected chi connectivity index (χ4v) is 4.93. The van der Waals surface area contributed by atoms with Crippen LogP contribution in [0.1, 0.15) is 41.5 Å². The van der Waals surface area contributed by atoms with E-state index in [0.29, 0.717) is 29.9 Å². The zero-order chi connectivity index (χ0) is 25.9. The summed E-state index contributed by atoms with van der Waals surface area (Å²) >= 11 is 1.32. The van der Waals surface area contributed by atoms with Crippen LogP contribution in [0.5, 0.6) is 5.88 Å². The lowest BCUT2D eigenvalue weighted by molar-refractivity contribution is 0.00599. The number of hydrogen-bond acceptors (Lipinski definition) is 8. The third kappa shape index (κ3) is 9.75. The molecule has 0 radical (unpaired) electrons. The van der Waals surface area contributed by atoms with E-state index in [1.807, 2.05) is 52.8 Å². The zero-order valence-corrected chi connectivity index (χ0v) is 22.5. The number of hydrogen-bond donors (Lipinski definition) is 3. The number of anilines is 1. The van der Waals surface area contributed by atoms with E-state index in [2.05, 4.69) is 21.3 Å². The van der Waals surface area contributed by atoms with Gasteiger partial charge in [-0.25, -0.2) is 4.98 Å². The molecule has 1 aliphatic heterocycles. The molecule has 2 atom stereocenters. The van der Waals surface area contributed by atoms with Gasteiger partial charge < -0.3 is 14.9 Å². The molecule has 1 unspecified atom stereocenters. The Labute approximate surface area is 208 Å². The summed E-state index contributed by atoms with van der Waals surface area (Å²) in [5.41, 5.74) is 1.95. The van der Waals surface area contributed by atoms with Crippen molar-refractivity contribution in [2.75, 3.05) is 30.2 Å². The molecule has 1 aromatic rings. The third-order valence-electron chi connectivity index (χ3n) is 4.64. The summed E-state index contributed by atoms with van der Waals surface area (Å²) in [6.07, 6.45) is 3.95. The molecule has 192 valence electrons. The van der Waals surface area contributed by atoms with Crippen molar-refractivity contribution in [3.05, 3.63) is 42.0 Å². The lowest BCUT2D eigenvalue weighted by Gasteiger charge is -2.35. The Morgan fingerprint density at radius 3 is 2.56 bits per heavy atom. The van der Waals surface area contributed by atoms with Gasteiger partial charge in [0.15, 0.2) is 5.16 Å². The standard InChI is InChI=1S/C21H32N4O5S2.C2H6/c1-6-17(8-7-14(2)3)13-31-21-22-19(24-32(28,29)25-10-15(4)11-25)9-20(23-21)30-16(5)18(27)12-26;1-2/h6-9,15-16,18,26-27H,2,10-13H2,1,3-5H3,(H,22,23,24);1-2H3/b8-7-,17-6+;/t16-,18?;/m1./s1. The highest BCUT2D eigenvalue weighted by atomic mass is 32.2. The third-order valence-corrected chi connectivity index (χ3v) is 7.01. The van der Waals surface area contributed by atoms with Gasteiger partial charge in [0, 0.05) is 24.9 Å². The van der Waals surface area contributed by atoms with Crippen LogP contribution in [0.3, 0.4) is 0 Å². The molecular formula is C23H38N4O5S2. The average Bonchev–Trinajstić information content (AvgIpc) is 2.77. The number of aliphatic hydroxyl groups is 2. The molecule has 2 rings (SSSR count). The summed E-state index contributed by atoms with van der Waals surface area (Å²) in [6.45, 7) is 15.7. The number of aliphatic hydroxyl groups excluding tert-OH is 2. The van der Waals surface area contributed by atoms with Gasteiger partial charge in [-0.15, -0.1) is 0 Å². The Morgan fingerprint density at radius 2 is 2.03 bits per heavy atom. The van der Waals surface area contributed by atoms with Crippen molar-refractivity contribution in [3.8, 4) is 5.88 Å². The molecule has 34 heavy (non-hydrogen) atoms. The van der Waals surface area contributed by atoms with Gasteiger partial charge in [-0.05, 0) is 32.3 Å². The second-order valence-corrected chi connectivity index (χ2v) is 10.4. The number of nitrogens with zero attached hydrogens (tertiary/aromatic N) is 3. The summed E-state index contributed by atoms with van der Waals surface area (Å²) < 4.78 is 34.6. The van der Waals surface area contributed by atoms with Crippen molar-refractivity contribution in [3.63, 3.8) is 0 Å². The first kappa shape index (κ1) is 30.1. The molecule has 1 aromatic heterocycles. The summed E-state index contributed by atoms with van der Waals surface area (Å²) in [5, 5.41) is 19.2. The van der Waals surface area contributed by atoms with E-state index in [0.717, 1.165) is 11.1 Å². The molecule has 0 saturated carbocycles. The van der Waals surface area contributed by atoms with Gasteiger partial charge in [-0.2, -0.15) is 17.7 Å². The molecule has 0 spiro atoms. The average molecular weight is 515 g/mol. The minimum Gasteiger partial charge on any atom is -0.472 e. The van der Waals surface area contributed by atoms with E-state index in [-0.39, 0.29) is 11.7 Å². The van der Waals surface area contributed by atoms with Crippen LogP contribution in [0.2, 0.25) is 0 Å². The predicted molar refractivity (Wildman–Crippen MR) is 138 cm³/mol. The SMILES string of the molecule is C=C(C)/C=C\C(=C/C)CSc1nc(NS(=O)(=O)N2CC(C)C2)cc(O[C@H](C)C(O)CO)n1.CC. The highest BCUT2D eigenvalue weighted by Gasteiger charge is 2.33. The van der Waals surface area contributed by atoms with Gasteiger partial charge in [0.2, 0.25) is 5.88 Å². The summed E-state index contributed by atoms with van der Waals surface area (Å²) in [4.78, 5) is 8.66. The first-order chi connectivity index (χ1) is 16.0. The first-order valence-electron chi connectivity index (χ1n) is 11.3. The molecule has 11 heteroatoms. The maximum Gasteiger partial charge on any atom is 0.302 e. The molecule has 2 heterocycles. The number of rotatable bonds is 12. The van der Waals surface area contributed by atoms with Crippen LogP contribution in [0.15, 0.2) is 47.2 Å². The minimum absolute atomic E-state index is 0.0715. The fourth-order valence-electron chi connectivity index (χ4n) is 2.66. The van der Waals surface area contributed by atoms with E-state index >= 15 is 0 Å². The van der Waals surface area contributed by atoms with E-state index in [1.165, 1.54) is 22.1 Å². The Morgan fingerprint density at radius 1 is 1.38 bits per heavy atom. The second-order valence-electron chi connectivity index (χ2n) is 7.81. The number of ether oxygens (including phenoxy) is 1. The van der Waals surface area contributed by atoms with Gasteiger partial charge in [0.25, 0.3) is 0 Å². The molecule has 0 amide bonds. The van der Waals surface area contributed by atoms with Gasteiger partial charge in [0.05, 0.1) is 6.61 Å². The Balaban J connectivity index is 0.00000281. The Bertz CT molecular complexity index is 960. The summed E-state index contributed by atoms with van der Waals surface area (Å²) in [5.74, 6) is 1.03. The molecule has 0 aromatic carbocycles. The van der Waals surface area contributed by atoms with Crippen LogP contribution in [0, 0.1) is 5.92 Å². The van der Waals surface area contributed by atoms with Crippen LogP contribution >= 0.6 is 11.8 Å².